The maximum Gasteiger partial charge on any atom is 0.217 e. The summed E-state index contributed by atoms with van der Waals surface area (Å²) in [5, 5.41) is 2.76. The number of carbonyl (C=O) groups is 1. The highest BCUT2D eigenvalue weighted by molar-refractivity contribution is 5.72. The van der Waals surface area contributed by atoms with Crippen LogP contribution in [-0.2, 0) is 17.9 Å². The van der Waals surface area contributed by atoms with Gasteiger partial charge in [-0.2, -0.15) is 0 Å². The van der Waals surface area contributed by atoms with E-state index in [1.807, 2.05) is 12.4 Å². The van der Waals surface area contributed by atoms with Gasteiger partial charge in [0.2, 0.25) is 5.91 Å². The highest BCUT2D eigenvalue weighted by atomic mass is 16.1. The topological polar surface area (TPSA) is 86.8 Å². The Labute approximate surface area is 129 Å². The third kappa shape index (κ3) is 3.48. The maximum absolute atomic E-state index is 11.0. The molecule has 7 nitrogen and oxygen atoms in total. The van der Waals surface area contributed by atoms with Gasteiger partial charge >= 0.3 is 0 Å². The second kappa shape index (κ2) is 6.65. The van der Waals surface area contributed by atoms with Crippen LogP contribution in [0.5, 0.6) is 0 Å². The summed E-state index contributed by atoms with van der Waals surface area (Å²) in [4.78, 5) is 29.5. The van der Waals surface area contributed by atoms with Crippen molar-refractivity contribution in [2.24, 2.45) is 0 Å². The van der Waals surface area contributed by atoms with Crippen LogP contribution in [0.4, 0.5) is 0 Å². The van der Waals surface area contributed by atoms with Crippen molar-refractivity contribution in [2.75, 3.05) is 6.54 Å². The first-order valence-electron chi connectivity index (χ1n) is 7.49. The molecule has 0 bridgehead atoms. The van der Waals surface area contributed by atoms with Crippen molar-refractivity contribution < 1.29 is 4.79 Å². The fraction of sp³-hybridized carbons (Fsp3) is 0.467. The summed E-state index contributed by atoms with van der Waals surface area (Å²) in [6, 6.07) is 0.271. The van der Waals surface area contributed by atoms with Crippen LogP contribution in [0.1, 0.15) is 42.9 Å². The van der Waals surface area contributed by atoms with Crippen molar-refractivity contribution in [3.63, 3.8) is 0 Å². The average Bonchev–Trinajstić information content (AvgIpc) is 3.18. The molecule has 1 amide bonds. The Bertz CT molecular complexity index is 627. The molecule has 1 aliphatic rings. The van der Waals surface area contributed by atoms with E-state index < -0.39 is 0 Å². The Morgan fingerprint density at radius 3 is 3.09 bits per heavy atom. The number of rotatable bonds is 5. The van der Waals surface area contributed by atoms with Crippen molar-refractivity contribution >= 4 is 5.91 Å². The molecule has 0 aliphatic carbocycles. The molecule has 2 aromatic heterocycles. The minimum absolute atomic E-state index is 0.0612. The smallest absolute Gasteiger partial charge is 0.217 e. The van der Waals surface area contributed by atoms with Gasteiger partial charge in [-0.15, -0.1) is 0 Å². The monoisotopic (exact) mass is 300 g/mol. The van der Waals surface area contributed by atoms with E-state index in [0.717, 1.165) is 43.0 Å². The predicted octanol–water partition coefficient (Wildman–Crippen LogP) is 1.17. The van der Waals surface area contributed by atoms with E-state index in [4.69, 9.17) is 0 Å². The van der Waals surface area contributed by atoms with Gasteiger partial charge in [-0.25, -0.2) is 4.98 Å². The number of nitrogens with one attached hydrogen (secondary N) is 2. The molecule has 3 rings (SSSR count). The van der Waals surface area contributed by atoms with Gasteiger partial charge in [0.25, 0.3) is 0 Å². The van der Waals surface area contributed by atoms with E-state index >= 15 is 0 Å². The van der Waals surface area contributed by atoms with Crippen molar-refractivity contribution in [1.29, 1.82) is 0 Å². The summed E-state index contributed by atoms with van der Waals surface area (Å²) in [7, 11) is 0. The summed E-state index contributed by atoms with van der Waals surface area (Å²) in [6.07, 6.45) is 9.31. The number of aromatic nitrogens is 4. The summed E-state index contributed by atoms with van der Waals surface area (Å²) in [5.74, 6) is -0.0612. The third-order valence-electron chi connectivity index (χ3n) is 3.85. The van der Waals surface area contributed by atoms with E-state index in [-0.39, 0.29) is 11.9 Å². The molecule has 1 atom stereocenters. The summed E-state index contributed by atoms with van der Waals surface area (Å²) >= 11 is 0. The summed E-state index contributed by atoms with van der Waals surface area (Å²) < 4.78 is 0. The second-order valence-electron chi connectivity index (χ2n) is 5.55. The number of hydrogen-bond acceptors (Lipinski definition) is 5. The molecule has 0 radical (unpaired) electrons. The van der Waals surface area contributed by atoms with Crippen LogP contribution < -0.4 is 5.32 Å². The number of likely N-dealkylation sites (tertiary alicyclic amines) is 1. The molecule has 7 heteroatoms. The Balaban J connectivity index is 1.71. The second-order valence-corrected chi connectivity index (χ2v) is 5.55. The van der Waals surface area contributed by atoms with Gasteiger partial charge in [0.15, 0.2) is 0 Å². The Hall–Kier alpha value is -2.28. The first-order chi connectivity index (χ1) is 10.7. The number of H-pyrrole nitrogens is 1. The molecule has 1 unspecified atom stereocenters. The van der Waals surface area contributed by atoms with Crippen molar-refractivity contribution in [2.45, 2.75) is 38.9 Å². The lowest BCUT2D eigenvalue weighted by atomic mass is 10.1. The molecule has 3 heterocycles. The zero-order valence-corrected chi connectivity index (χ0v) is 12.6. The molecule has 2 N–H and O–H groups in total. The molecular formula is C15H20N6O. The maximum atomic E-state index is 11.0. The zero-order chi connectivity index (χ0) is 15.4. The van der Waals surface area contributed by atoms with Gasteiger partial charge in [-0.3, -0.25) is 19.7 Å². The van der Waals surface area contributed by atoms with Crippen LogP contribution in [0.2, 0.25) is 0 Å². The van der Waals surface area contributed by atoms with Crippen molar-refractivity contribution in [3.8, 4) is 0 Å². The fourth-order valence-electron chi connectivity index (χ4n) is 2.82. The van der Waals surface area contributed by atoms with Gasteiger partial charge in [-0.1, -0.05) is 0 Å². The Morgan fingerprint density at radius 1 is 1.41 bits per heavy atom. The van der Waals surface area contributed by atoms with Crippen LogP contribution in [0.15, 0.2) is 24.9 Å². The third-order valence-corrected chi connectivity index (χ3v) is 3.85. The predicted molar refractivity (Wildman–Crippen MR) is 80.5 cm³/mol. The molecule has 0 saturated carbocycles. The number of hydrogen-bond donors (Lipinski definition) is 2. The normalized spacial score (nSPS) is 18.5. The molecule has 1 saturated heterocycles. The van der Waals surface area contributed by atoms with E-state index in [1.54, 1.807) is 12.5 Å². The average molecular weight is 300 g/mol. The Morgan fingerprint density at radius 2 is 2.32 bits per heavy atom. The van der Waals surface area contributed by atoms with Crippen molar-refractivity contribution in [1.82, 2.24) is 30.2 Å². The number of nitrogens with zero attached hydrogens (tertiary/aromatic N) is 4. The number of carbonyl (C=O) groups excluding carboxylic acids is 1. The molecule has 0 spiro atoms. The molecule has 0 aromatic carbocycles. The number of amides is 1. The van der Waals surface area contributed by atoms with Gasteiger partial charge < -0.3 is 10.3 Å². The lowest BCUT2D eigenvalue weighted by Crippen LogP contribution is -2.25. The summed E-state index contributed by atoms with van der Waals surface area (Å²) in [6.45, 7) is 3.80. The minimum atomic E-state index is -0.0612. The lowest BCUT2D eigenvalue weighted by molar-refractivity contribution is -0.119. The first kappa shape index (κ1) is 14.6. The number of imidazole rings is 1. The van der Waals surface area contributed by atoms with Gasteiger partial charge in [0.05, 0.1) is 42.7 Å². The van der Waals surface area contributed by atoms with E-state index in [2.05, 4.69) is 30.2 Å². The van der Waals surface area contributed by atoms with E-state index in [1.165, 1.54) is 6.92 Å². The minimum Gasteiger partial charge on any atom is -0.351 e. The fourth-order valence-corrected chi connectivity index (χ4v) is 2.82. The van der Waals surface area contributed by atoms with Crippen LogP contribution in [0.25, 0.3) is 0 Å². The highest BCUT2D eigenvalue weighted by Crippen LogP contribution is 2.31. The largest absolute Gasteiger partial charge is 0.351 e. The van der Waals surface area contributed by atoms with E-state index in [0.29, 0.717) is 6.54 Å². The van der Waals surface area contributed by atoms with Gasteiger partial charge in [-0.05, 0) is 19.4 Å². The molecule has 22 heavy (non-hydrogen) atoms. The molecule has 1 fully saturated rings. The van der Waals surface area contributed by atoms with Crippen LogP contribution in [0.3, 0.4) is 0 Å². The first-order valence-corrected chi connectivity index (χ1v) is 7.49. The van der Waals surface area contributed by atoms with Crippen LogP contribution >= 0.6 is 0 Å². The Kier molecular flexibility index (Phi) is 4.43. The van der Waals surface area contributed by atoms with E-state index in [9.17, 15) is 4.79 Å². The van der Waals surface area contributed by atoms with Gasteiger partial charge in [0, 0.05) is 25.4 Å². The summed E-state index contributed by atoms with van der Waals surface area (Å²) in [5.41, 5.74) is 2.87. The molecular weight excluding hydrogens is 280 g/mol. The molecule has 116 valence electrons. The standard InChI is InChI=1S/C15H20N6O/c1-11(22)18-7-12-5-16-8-14(20-12)15-3-2-4-21(15)9-13-6-17-10-19-13/h5-6,8,10,15H,2-4,7,9H2,1H3,(H,17,19)(H,18,22). The molecule has 2 aromatic rings. The number of aromatic amines is 1. The lowest BCUT2D eigenvalue weighted by Gasteiger charge is -2.23. The quantitative estimate of drug-likeness (QED) is 0.865. The molecule has 1 aliphatic heterocycles. The van der Waals surface area contributed by atoms with Crippen molar-refractivity contribution in [3.05, 3.63) is 42.0 Å². The highest BCUT2D eigenvalue weighted by Gasteiger charge is 2.27. The van der Waals surface area contributed by atoms with Crippen LogP contribution in [0, 0.1) is 0 Å². The zero-order valence-electron chi connectivity index (χ0n) is 12.6. The SMILES string of the molecule is CC(=O)NCc1cncc(C2CCCN2Cc2cnc[nH]2)n1. The van der Waals surface area contributed by atoms with Gasteiger partial charge in [0.1, 0.15) is 0 Å². The van der Waals surface area contributed by atoms with Crippen LogP contribution in [-0.4, -0.2) is 37.3 Å².